The van der Waals surface area contributed by atoms with Crippen LogP contribution in [0.1, 0.15) is 25.5 Å². The van der Waals surface area contributed by atoms with Crippen molar-refractivity contribution < 1.29 is 4.74 Å². The van der Waals surface area contributed by atoms with Crippen molar-refractivity contribution in [2.45, 2.75) is 19.8 Å². The van der Waals surface area contributed by atoms with Crippen LogP contribution >= 0.6 is 0 Å². The number of ether oxygens (including phenoxy) is 1. The van der Waals surface area contributed by atoms with Crippen molar-refractivity contribution in [1.29, 1.82) is 0 Å². The number of hydrogen-bond donors (Lipinski definition) is 0. The highest BCUT2D eigenvalue weighted by Gasteiger charge is 2.32. The van der Waals surface area contributed by atoms with Crippen LogP contribution in [0, 0.1) is 5.92 Å². The van der Waals surface area contributed by atoms with Gasteiger partial charge in [0.15, 0.2) is 0 Å². The molecule has 0 bridgehead atoms. The van der Waals surface area contributed by atoms with E-state index in [4.69, 9.17) is 9.72 Å². The number of rotatable bonds is 7. The molecule has 3 aromatic rings. The van der Waals surface area contributed by atoms with Gasteiger partial charge in [0.1, 0.15) is 11.3 Å². The van der Waals surface area contributed by atoms with E-state index in [1.54, 1.807) is 7.11 Å². The first kappa shape index (κ1) is 21.1. The zero-order valence-electron chi connectivity index (χ0n) is 18.5. The van der Waals surface area contributed by atoms with Gasteiger partial charge in [0, 0.05) is 37.3 Å². The molecule has 1 saturated heterocycles. The van der Waals surface area contributed by atoms with Crippen LogP contribution in [0.25, 0.3) is 16.9 Å². The second kappa shape index (κ2) is 9.31. The van der Waals surface area contributed by atoms with Crippen LogP contribution in [0.2, 0.25) is 0 Å². The molecule has 5 nitrogen and oxygen atoms in total. The molecule has 0 radical (unpaired) electrons. The monoisotopic (exact) mass is 414 g/mol. The van der Waals surface area contributed by atoms with Gasteiger partial charge in [-0.3, -0.25) is 9.30 Å². The predicted octanol–water partition coefficient (Wildman–Crippen LogP) is 5.13. The largest absolute Gasteiger partial charge is 0.479 e. The van der Waals surface area contributed by atoms with Gasteiger partial charge >= 0.3 is 0 Å². The summed E-state index contributed by atoms with van der Waals surface area (Å²) >= 11 is 0. The number of fused-ring (bicyclic) bond motifs is 1. The molecule has 31 heavy (non-hydrogen) atoms. The fourth-order valence-electron chi connectivity index (χ4n) is 4.36. The first-order chi connectivity index (χ1) is 15.1. The topological polar surface area (TPSA) is 42.7 Å². The fourth-order valence-corrected chi connectivity index (χ4v) is 4.36. The van der Waals surface area contributed by atoms with E-state index in [2.05, 4.69) is 58.3 Å². The second-order valence-electron chi connectivity index (χ2n) is 8.13. The summed E-state index contributed by atoms with van der Waals surface area (Å²) in [7, 11) is 1.67. The molecule has 1 fully saturated rings. The third kappa shape index (κ3) is 4.32. The number of likely N-dealkylation sites (tertiary alicyclic amines) is 1. The highest BCUT2D eigenvalue weighted by Crippen LogP contribution is 2.34. The maximum atomic E-state index is 5.65. The Morgan fingerprint density at radius 1 is 1.26 bits per heavy atom. The first-order valence-corrected chi connectivity index (χ1v) is 10.8. The van der Waals surface area contributed by atoms with Gasteiger partial charge < -0.3 is 4.74 Å². The smallest absolute Gasteiger partial charge is 0.240 e. The molecule has 1 aliphatic heterocycles. The summed E-state index contributed by atoms with van der Waals surface area (Å²) in [6.45, 7) is 11.2. The number of benzene rings is 1. The molecule has 0 aliphatic carbocycles. The summed E-state index contributed by atoms with van der Waals surface area (Å²) < 4.78 is 7.77. The quantitative estimate of drug-likeness (QED) is 0.503. The van der Waals surface area contributed by atoms with E-state index < -0.39 is 0 Å². The minimum atomic E-state index is 0.331. The predicted molar refractivity (Wildman–Crippen MR) is 126 cm³/mol. The molecule has 2 unspecified atom stereocenters. The van der Waals surface area contributed by atoms with Crippen LogP contribution in [0.15, 0.2) is 79.2 Å². The number of methoxy groups -OCH3 is 1. The Morgan fingerprint density at radius 2 is 2.06 bits per heavy atom. The normalized spacial score (nSPS) is 20.0. The Hall–Kier alpha value is -3.18. The average molecular weight is 415 g/mol. The van der Waals surface area contributed by atoms with Crippen molar-refractivity contribution in [1.82, 2.24) is 19.3 Å². The standard InChI is InChI=1S/C26H30N4O/c1-5-7-11-20(6-2)16-29-15-19(3)22(17-29)23-18-30-24(26(28-23)31-4)14-27-25(30)21-12-9-8-10-13-21/h5-14,18-19,22H,2,15-17H2,1,3-4H3/b7-5-,20-11+. The van der Waals surface area contributed by atoms with Crippen LogP contribution in [0.3, 0.4) is 0 Å². The van der Waals surface area contributed by atoms with E-state index in [-0.39, 0.29) is 0 Å². The molecule has 1 aliphatic rings. The molecule has 1 aromatic carbocycles. The lowest BCUT2D eigenvalue weighted by molar-refractivity contribution is 0.356. The van der Waals surface area contributed by atoms with Crippen LogP contribution < -0.4 is 4.74 Å². The van der Waals surface area contributed by atoms with Gasteiger partial charge in [-0.1, -0.05) is 68.1 Å². The molecule has 5 heteroatoms. The fraction of sp³-hybridized carbons (Fsp3) is 0.308. The Balaban J connectivity index is 1.67. The Kier molecular flexibility index (Phi) is 6.33. The second-order valence-corrected chi connectivity index (χ2v) is 8.13. The summed E-state index contributed by atoms with van der Waals surface area (Å²) in [4.78, 5) is 12.0. The van der Waals surface area contributed by atoms with Gasteiger partial charge in [-0.15, -0.1) is 0 Å². The molecule has 2 aromatic heterocycles. The van der Waals surface area contributed by atoms with E-state index in [0.717, 1.165) is 42.2 Å². The van der Waals surface area contributed by atoms with Crippen molar-refractivity contribution >= 4 is 5.52 Å². The van der Waals surface area contributed by atoms with Gasteiger partial charge in [-0.05, 0) is 18.4 Å². The number of aromatic nitrogens is 3. The van der Waals surface area contributed by atoms with Crippen LogP contribution in [0.5, 0.6) is 5.88 Å². The van der Waals surface area contributed by atoms with Crippen LogP contribution in [-0.2, 0) is 0 Å². The highest BCUT2D eigenvalue weighted by atomic mass is 16.5. The molecule has 0 N–H and O–H groups in total. The lowest BCUT2D eigenvalue weighted by Gasteiger charge is -2.17. The average Bonchev–Trinajstić information content (AvgIpc) is 3.39. The molecule has 160 valence electrons. The Bertz CT molecular complexity index is 1110. The number of imidazole rings is 1. The van der Waals surface area contributed by atoms with Crippen molar-refractivity contribution in [2.75, 3.05) is 26.7 Å². The number of nitrogens with zero attached hydrogens (tertiary/aromatic N) is 4. The zero-order chi connectivity index (χ0) is 21.8. The Labute approximate surface area is 184 Å². The lowest BCUT2D eigenvalue weighted by Crippen LogP contribution is -2.23. The van der Waals surface area contributed by atoms with Gasteiger partial charge in [0.25, 0.3) is 0 Å². The van der Waals surface area contributed by atoms with Gasteiger partial charge in [-0.2, -0.15) is 0 Å². The van der Waals surface area contributed by atoms with E-state index >= 15 is 0 Å². The highest BCUT2D eigenvalue weighted by molar-refractivity contribution is 5.66. The summed E-state index contributed by atoms with van der Waals surface area (Å²) in [6, 6.07) is 10.2. The SMILES string of the molecule is C=C/C(=C\C=C/C)CN1CC(C)C(c2cn3c(-c4ccccc4)ncc3c(OC)n2)C1. The molecule has 0 amide bonds. The van der Waals surface area contributed by atoms with Crippen LogP contribution in [-0.4, -0.2) is 46.0 Å². The van der Waals surface area contributed by atoms with Crippen molar-refractivity contribution in [3.05, 3.63) is 84.9 Å². The molecule has 2 atom stereocenters. The molecular formula is C26H30N4O. The van der Waals surface area contributed by atoms with E-state index in [1.807, 2.05) is 43.5 Å². The Morgan fingerprint density at radius 3 is 2.77 bits per heavy atom. The first-order valence-electron chi connectivity index (χ1n) is 10.8. The molecule has 0 saturated carbocycles. The van der Waals surface area contributed by atoms with Crippen molar-refractivity contribution in [2.24, 2.45) is 5.92 Å². The van der Waals surface area contributed by atoms with E-state index in [1.165, 1.54) is 5.57 Å². The maximum absolute atomic E-state index is 5.65. The van der Waals surface area contributed by atoms with Crippen molar-refractivity contribution in [3.8, 4) is 17.3 Å². The summed E-state index contributed by atoms with van der Waals surface area (Å²) in [5.41, 5.74) is 4.24. The van der Waals surface area contributed by atoms with Gasteiger partial charge in [0.2, 0.25) is 5.88 Å². The van der Waals surface area contributed by atoms with Crippen LogP contribution in [0.4, 0.5) is 0 Å². The van der Waals surface area contributed by atoms with Gasteiger partial charge in [-0.25, -0.2) is 9.97 Å². The van der Waals surface area contributed by atoms with Crippen molar-refractivity contribution in [3.63, 3.8) is 0 Å². The summed E-state index contributed by atoms with van der Waals surface area (Å²) in [6.07, 6.45) is 12.2. The third-order valence-electron chi connectivity index (χ3n) is 5.97. The molecular weight excluding hydrogens is 384 g/mol. The summed E-state index contributed by atoms with van der Waals surface area (Å²) in [5.74, 6) is 2.35. The molecule has 3 heterocycles. The van der Waals surface area contributed by atoms with Gasteiger partial charge in [0.05, 0.1) is 19.0 Å². The zero-order valence-corrected chi connectivity index (χ0v) is 18.5. The van der Waals surface area contributed by atoms with E-state index in [0.29, 0.717) is 17.7 Å². The lowest BCUT2D eigenvalue weighted by atomic mass is 9.95. The minimum absolute atomic E-state index is 0.331. The molecule has 0 spiro atoms. The number of allylic oxidation sites excluding steroid dienone is 3. The minimum Gasteiger partial charge on any atom is -0.479 e. The number of hydrogen-bond acceptors (Lipinski definition) is 4. The molecule has 4 rings (SSSR count). The summed E-state index contributed by atoms with van der Waals surface area (Å²) in [5, 5.41) is 0. The maximum Gasteiger partial charge on any atom is 0.240 e. The van der Waals surface area contributed by atoms with E-state index in [9.17, 15) is 0 Å². The third-order valence-corrected chi connectivity index (χ3v) is 5.97.